The van der Waals surface area contributed by atoms with Gasteiger partial charge in [-0.2, -0.15) is 18.2 Å². The Morgan fingerprint density at radius 3 is 2.65 bits per heavy atom. The standard InChI is InChI=1S/C9H12F4N4/c10-6-5-16-8(14)17-7(6)15-4-2-1-3-9(11,12)13/h5H,1-4H2,(H3,14,15,16,17). The summed E-state index contributed by atoms with van der Waals surface area (Å²) in [5.74, 6) is -0.872. The lowest BCUT2D eigenvalue weighted by Crippen LogP contribution is -2.10. The van der Waals surface area contributed by atoms with Gasteiger partial charge in [0.05, 0.1) is 6.20 Å². The maximum absolute atomic E-state index is 13.0. The van der Waals surface area contributed by atoms with Crippen LogP contribution in [0.25, 0.3) is 0 Å². The van der Waals surface area contributed by atoms with Crippen LogP contribution in [0.3, 0.4) is 0 Å². The largest absolute Gasteiger partial charge is 0.389 e. The van der Waals surface area contributed by atoms with Gasteiger partial charge in [0.1, 0.15) is 0 Å². The molecule has 0 unspecified atom stereocenters. The molecule has 4 nitrogen and oxygen atoms in total. The van der Waals surface area contributed by atoms with Gasteiger partial charge in [-0.1, -0.05) is 0 Å². The molecule has 0 fully saturated rings. The van der Waals surface area contributed by atoms with Crippen LogP contribution < -0.4 is 11.1 Å². The molecule has 0 spiro atoms. The Balaban J connectivity index is 2.29. The van der Waals surface area contributed by atoms with Crippen molar-refractivity contribution in [3.8, 4) is 0 Å². The number of nitrogen functional groups attached to an aromatic ring is 1. The zero-order valence-electron chi connectivity index (χ0n) is 8.89. The maximum atomic E-state index is 13.0. The molecule has 0 bridgehead atoms. The number of anilines is 2. The van der Waals surface area contributed by atoms with E-state index >= 15 is 0 Å². The smallest absolute Gasteiger partial charge is 0.368 e. The van der Waals surface area contributed by atoms with Crippen LogP contribution in [0, 0.1) is 5.82 Å². The number of halogens is 4. The molecule has 1 rings (SSSR count). The summed E-state index contributed by atoms with van der Waals surface area (Å²) in [5, 5.41) is 2.57. The van der Waals surface area contributed by atoms with Gasteiger partial charge in [-0.25, -0.2) is 9.37 Å². The first-order valence-electron chi connectivity index (χ1n) is 4.97. The molecule has 1 aromatic rings. The van der Waals surface area contributed by atoms with Crippen molar-refractivity contribution >= 4 is 11.8 Å². The molecular weight excluding hydrogens is 240 g/mol. The van der Waals surface area contributed by atoms with Crippen molar-refractivity contribution in [1.82, 2.24) is 9.97 Å². The lowest BCUT2D eigenvalue weighted by atomic mass is 10.2. The van der Waals surface area contributed by atoms with Gasteiger partial charge in [-0.15, -0.1) is 0 Å². The van der Waals surface area contributed by atoms with Gasteiger partial charge < -0.3 is 11.1 Å². The lowest BCUT2D eigenvalue weighted by Gasteiger charge is -2.08. The highest BCUT2D eigenvalue weighted by molar-refractivity contribution is 5.38. The number of aromatic nitrogens is 2. The molecule has 0 radical (unpaired) electrons. The summed E-state index contributed by atoms with van der Waals surface area (Å²) in [7, 11) is 0. The van der Waals surface area contributed by atoms with Crippen LogP contribution in [-0.4, -0.2) is 22.7 Å². The van der Waals surface area contributed by atoms with Crippen LogP contribution in [0.15, 0.2) is 6.20 Å². The molecule has 0 aromatic carbocycles. The first kappa shape index (κ1) is 13.5. The summed E-state index contributed by atoms with van der Waals surface area (Å²) in [5.41, 5.74) is 5.24. The van der Waals surface area contributed by atoms with Crippen molar-refractivity contribution in [1.29, 1.82) is 0 Å². The minimum atomic E-state index is -4.15. The molecule has 0 saturated heterocycles. The molecule has 0 amide bonds. The van der Waals surface area contributed by atoms with Gasteiger partial charge in [-0.3, -0.25) is 0 Å². The second kappa shape index (κ2) is 5.65. The molecular formula is C9H12F4N4. The molecule has 1 aromatic heterocycles. The van der Waals surface area contributed by atoms with Crippen LogP contribution in [0.5, 0.6) is 0 Å². The van der Waals surface area contributed by atoms with Gasteiger partial charge in [0.2, 0.25) is 5.95 Å². The van der Waals surface area contributed by atoms with Crippen LogP contribution in [0.2, 0.25) is 0 Å². The molecule has 0 aliphatic rings. The topological polar surface area (TPSA) is 63.8 Å². The van der Waals surface area contributed by atoms with E-state index in [2.05, 4.69) is 15.3 Å². The number of nitrogens with two attached hydrogens (primary N) is 1. The van der Waals surface area contributed by atoms with Gasteiger partial charge in [0.15, 0.2) is 11.6 Å². The molecule has 0 atom stereocenters. The van der Waals surface area contributed by atoms with Crippen molar-refractivity contribution in [2.75, 3.05) is 17.6 Å². The van der Waals surface area contributed by atoms with Crippen LogP contribution >= 0.6 is 0 Å². The van der Waals surface area contributed by atoms with Crippen molar-refractivity contribution < 1.29 is 17.6 Å². The SMILES string of the molecule is Nc1ncc(F)c(NCCCCC(F)(F)F)n1. The van der Waals surface area contributed by atoms with Crippen molar-refractivity contribution in [3.63, 3.8) is 0 Å². The monoisotopic (exact) mass is 252 g/mol. The Labute approximate surface area is 95.2 Å². The average Bonchev–Trinajstić information content (AvgIpc) is 2.21. The predicted molar refractivity (Wildman–Crippen MR) is 54.8 cm³/mol. The Kier molecular flexibility index (Phi) is 4.47. The van der Waals surface area contributed by atoms with Crippen molar-refractivity contribution in [2.24, 2.45) is 0 Å². The molecule has 1 heterocycles. The number of unbranched alkanes of at least 4 members (excludes halogenated alkanes) is 1. The highest BCUT2D eigenvalue weighted by Crippen LogP contribution is 2.22. The molecule has 8 heteroatoms. The quantitative estimate of drug-likeness (QED) is 0.623. The highest BCUT2D eigenvalue weighted by Gasteiger charge is 2.25. The lowest BCUT2D eigenvalue weighted by molar-refractivity contribution is -0.135. The van der Waals surface area contributed by atoms with Gasteiger partial charge in [-0.05, 0) is 12.8 Å². The fourth-order valence-electron chi connectivity index (χ4n) is 1.16. The molecule has 3 N–H and O–H groups in total. The van der Waals surface area contributed by atoms with E-state index in [9.17, 15) is 17.6 Å². The summed E-state index contributed by atoms with van der Waals surface area (Å²) >= 11 is 0. The maximum Gasteiger partial charge on any atom is 0.389 e. The summed E-state index contributed by atoms with van der Waals surface area (Å²) in [6.45, 7) is 0.198. The van der Waals surface area contributed by atoms with E-state index in [0.29, 0.717) is 0 Å². The fraction of sp³-hybridized carbons (Fsp3) is 0.556. The zero-order valence-corrected chi connectivity index (χ0v) is 8.89. The highest BCUT2D eigenvalue weighted by atomic mass is 19.4. The van der Waals surface area contributed by atoms with E-state index in [4.69, 9.17) is 5.73 Å². The van der Waals surface area contributed by atoms with E-state index in [0.717, 1.165) is 6.20 Å². The molecule has 96 valence electrons. The Morgan fingerprint density at radius 2 is 2.00 bits per heavy atom. The number of alkyl halides is 3. The van der Waals surface area contributed by atoms with Gasteiger partial charge >= 0.3 is 6.18 Å². The Hall–Kier alpha value is -1.60. The fourth-order valence-corrected chi connectivity index (χ4v) is 1.16. The third-order valence-electron chi connectivity index (χ3n) is 1.94. The molecule has 17 heavy (non-hydrogen) atoms. The minimum Gasteiger partial charge on any atom is -0.368 e. The third kappa shape index (κ3) is 5.32. The number of nitrogens with one attached hydrogen (secondary N) is 1. The van der Waals surface area contributed by atoms with Crippen molar-refractivity contribution in [3.05, 3.63) is 12.0 Å². The van der Waals surface area contributed by atoms with Crippen LogP contribution in [0.1, 0.15) is 19.3 Å². The van der Waals surface area contributed by atoms with Crippen LogP contribution in [0.4, 0.5) is 29.3 Å². The average molecular weight is 252 g/mol. The zero-order chi connectivity index (χ0) is 12.9. The first-order valence-corrected chi connectivity index (χ1v) is 4.97. The second-order valence-electron chi connectivity index (χ2n) is 3.42. The normalized spacial score (nSPS) is 11.5. The Morgan fingerprint density at radius 1 is 1.29 bits per heavy atom. The van der Waals surface area contributed by atoms with E-state index < -0.39 is 18.4 Å². The molecule has 0 aliphatic heterocycles. The van der Waals surface area contributed by atoms with Gasteiger partial charge in [0, 0.05) is 13.0 Å². The van der Waals surface area contributed by atoms with Crippen molar-refractivity contribution in [2.45, 2.75) is 25.4 Å². The summed E-state index contributed by atoms with van der Waals surface area (Å²) in [4.78, 5) is 7.00. The van der Waals surface area contributed by atoms with E-state index in [1.54, 1.807) is 0 Å². The number of rotatable bonds is 5. The van der Waals surface area contributed by atoms with Gasteiger partial charge in [0.25, 0.3) is 0 Å². The minimum absolute atomic E-state index is 0.0152. The summed E-state index contributed by atoms with van der Waals surface area (Å²) in [6.07, 6.45) is -3.84. The predicted octanol–water partition coefficient (Wildman–Crippen LogP) is 2.34. The van der Waals surface area contributed by atoms with E-state index in [1.807, 2.05) is 0 Å². The number of hydrogen-bond donors (Lipinski definition) is 2. The number of nitrogens with zero attached hydrogens (tertiary/aromatic N) is 2. The summed E-state index contributed by atoms with van der Waals surface area (Å²) in [6, 6.07) is 0. The number of hydrogen-bond acceptors (Lipinski definition) is 4. The van der Waals surface area contributed by atoms with E-state index in [1.165, 1.54) is 0 Å². The first-order chi connectivity index (χ1) is 7.88. The molecule has 0 saturated carbocycles. The third-order valence-corrected chi connectivity index (χ3v) is 1.94. The van der Waals surface area contributed by atoms with E-state index in [-0.39, 0.29) is 31.2 Å². The summed E-state index contributed by atoms with van der Waals surface area (Å²) < 4.78 is 48.5. The molecule has 0 aliphatic carbocycles. The Bertz CT molecular complexity index is 367. The second-order valence-corrected chi connectivity index (χ2v) is 3.42. The van der Waals surface area contributed by atoms with Crippen LogP contribution in [-0.2, 0) is 0 Å².